The summed E-state index contributed by atoms with van der Waals surface area (Å²) in [4.78, 5) is 0. The topological polar surface area (TPSA) is 113 Å². The summed E-state index contributed by atoms with van der Waals surface area (Å²) in [5, 5.41) is 29.7. The number of nitrogens with zero attached hydrogens (tertiary/aromatic N) is 4. The summed E-state index contributed by atoms with van der Waals surface area (Å²) in [7, 11) is 0. The number of nitrogens with two attached hydrogens (primary N) is 1. The first-order valence-corrected chi connectivity index (χ1v) is 6.27. The van der Waals surface area contributed by atoms with Gasteiger partial charge in [-0.1, -0.05) is 19.4 Å². The number of rotatable bonds is 3. The van der Waals surface area contributed by atoms with Crippen LogP contribution in [-0.2, 0) is 0 Å². The fraction of sp³-hybridized carbons (Fsp3) is 0.500. The standard InChI is InChI=1S/C14H18N6/c1-9(2)6-19-20-12(10(3)4)14(7-16,8-17)11(5-15)13(20)18/h6,10,12,19H,18H2,1-4H3. The van der Waals surface area contributed by atoms with Crippen LogP contribution in [0.15, 0.2) is 23.2 Å². The van der Waals surface area contributed by atoms with Crippen molar-refractivity contribution in [3.63, 3.8) is 0 Å². The van der Waals surface area contributed by atoms with Gasteiger partial charge in [0, 0.05) is 6.20 Å². The zero-order valence-electron chi connectivity index (χ0n) is 12.1. The van der Waals surface area contributed by atoms with E-state index < -0.39 is 11.5 Å². The van der Waals surface area contributed by atoms with E-state index >= 15 is 0 Å². The van der Waals surface area contributed by atoms with E-state index in [1.54, 1.807) is 11.2 Å². The van der Waals surface area contributed by atoms with Crippen LogP contribution in [0.2, 0.25) is 0 Å². The van der Waals surface area contributed by atoms with Crippen molar-refractivity contribution < 1.29 is 0 Å². The van der Waals surface area contributed by atoms with Gasteiger partial charge in [-0.15, -0.1) is 0 Å². The molecule has 1 atom stereocenters. The van der Waals surface area contributed by atoms with Crippen LogP contribution in [0.4, 0.5) is 0 Å². The van der Waals surface area contributed by atoms with Crippen LogP contribution in [0.5, 0.6) is 0 Å². The zero-order valence-corrected chi connectivity index (χ0v) is 12.1. The molecule has 20 heavy (non-hydrogen) atoms. The average molecular weight is 270 g/mol. The van der Waals surface area contributed by atoms with E-state index in [4.69, 9.17) is 5.73 Å². The molecule has 0 aliphatic carbocycles. The van der Waals surface area contributed by atoms with Crippen molar-refractivity contribution in [3.8, 4) is 18.2 Å². The molecule has 0 aromatic carbocycles. The van der Waals surface area contributed by atoms with Crippen LogP contribution in [0, 0.1) is 45.3 Å². The molecular weight excluding hydrogens is 252 g/mol. The minimum atomic E-state index is -1.55. The molecule has 104 valence electrons. The summed E-state index contributed by atoms with van der Waals surface area (Å²) in [6, 6.07) is 5.36. The van der Waals surface area contributed by atoms with E-state index in [0.29, 0.717) is 0 Å². The fourth-order valence-electron chi connectivity index (χ4n) is 2.37. The molecule has 0 radical (unpaired) electrons. The van der Waals surface area contributed by atoms with Crippen molar-refractivity contribution in [2.45, 2.75) is 33.7 Å². The smallest absolute Gasteiger partial charge is 0.204 e. The Hall–Kier alpha value is -2.65. The van der Waals surface area contributed by atoms with Gasteiger partial charge >= 0.3 is 0 Å². The summed E-state index contributed by atoms with van der Waals surface area (Å²) in [5.41, 5.74) is 8.42. The first kappa shape index (κ1) is 15.4. The van der Waals surface area contributed by atoms with E-state index in [1.165, 1.54) is 0 Å². The molecule has 1 aliphatic heterocycles. The second kappa shape index (κ2) is 5.55. The highest BCUT2D eigenvalue weighted by atomic mass is 15.6. The van der Waals surface area contributed by atoms with E-state index in [9.17, 15) is 15.8 Å². The Bertz CT molecular complexity index is 560. The predicted molar refractivity (Wildman–Crippen MR) is 73.5 cm³/mol. The maximum atomic E-state index is 9.47. The number of hydrazine groups is 1. The molecule has 1 unspecified atom stereocenters. The number of nitrogens with one attached hydrogen (secondary N) is 1. The lowest BCUT2D eigenvalue weighted by Crippen LogP contribution is -2.49. The van der Waals surface area contributed by atoms with Crippen LogP contribution in [0.25, 0.3) is 0 Å². The summed E-state index contributed by atoms with van der Waals surface area (Å²) in [5.74, 6) is 0.0866. The number of allylic oxidation sites excluding steroid dienone is 1. The van der Waals surface area contributed by atoms with Crippen LogP contribution in [0.1, 0.15) is 27.7 Å². The van der Waals surface area contributed by atoms with E-state index in [0.717, 1.165) is 5.57 Å². The van der Waals surface area contributed by atoms with Gasteiger partial charge in [0.2, 0.25) is 5.41 Å². The minimum absolute atomic E-state index is 0.0101. The van der Waals surface area contributed by atoms with Gasteiger partial charge in [-0.3, -0.25) is 5.01 Å². The van der Waals surface area contributed by atoms with Crippen molar-refractivity contribution in [1.82, 2.24) is 10.4 Å². The molecule has 0 saturated carbocycles. The molecule has 0 aromatic heterocycles. The third-order valence-electron chi connectivity index (χ3n) is 3.22. The number of hydrogen-bond donors (Lipinski definition) is 2. The Morgan fingerprint density at radius 3 is 2.25 bits per heavy atom. The Kier molecular flexibility index (Phi) is 4.27. The van der Waals surface area contributed by atoms with Gasteiger partial charge in [0.15, 0.2) is 0 Å². The summed E-state index contributed by atoms with van der Waals surface area (Å²) in [6.45, 7) is 7.58. The molecule has 6 heteroatoms. The highest BCUT2D eigenvalue weighted by Gasteiger charge is 2.55. The van der Waals surface area contributed by atoms with Gasteiger partial charge in [0.25, 0.3) is 0 Å². The lowest BCUT2D eigenvalue weighted by atomic mass is 9.75. The van der Waals surface area contributed by atoms with E-state index in [-0.39, 0.29) is 17.3 Å². The Labute approximate surface area is 119 Å². The van der Waals surface area contributed by atoms with Gasteiger partial charge in [-0.25, -0.2) is 0 Å². The van der Waals surface area contributed by atoms with Gasteiger partial charge in [0.05, 0.1) is 18.2 Å². The van der Waals surface area contributed by atoms with Crippen molar-refractivity contribution >= 4 is 0 Å². The summed E-state index contributed by atoms with van der Waals surface area (Å²) >= 11 is 0. The van der Waals surface area contributed by atoms with Crippen LogP contribution in [0.3, 0.4) is 0 Å². The van der Waals surface area contributed by atoms with Gasteiger partial charge in [-0.05, 0) is 19.8 Å². The quantitative estimate of drug-likeness (QED) is 0.803. The fourth-order valence-corrected chi connectivity index (χ4v) is 2.37. The highest BCUT2D eigenvalue weighted by molar-refractivity contribution is 5.50. The minimum Gasteiger partial charge on any atom is -0.383 e. The molecule has 6 nitrogen and oxygen atoms in total. The molecule has 0 amide bonds. The number of nitriles is 3. The van der Waals surface area contributed by atoms with Crippen LogP contribution >= 0.6 is 0 Å². The maximum absolute atomic E-state index is 9.47. The van der Waals surface area contributed by atoms with Gasteiger partial charge < -0.3 is 11.2 Å². The van der Waals surface area contributed by atoms with Crippen molar-refractivity contribution in [2.24, 2.45) is 17.1 Å². The molecule has 0 aromatic rings. The van der Waals surface area contributed by atoms with Crippen LogP contribution in [-0.4, -0.2) is 11.1 Å². The van der Waals surface area contributed by atoms with Gasteiger partial charge in [0.1, 0.15) is 17.5 Å². The normalized spacial score (nSPS) is 20.1. The Balaban J connectivity index is 3.44. The first-order chi connectivity index (χ1) is 9.35. The van der Waals surface area contributed by atoms with Crippen molar-refractivity contribution in [1.29, 1.82) is 15.8 Å². The van der Waals surface area contributed by atoms with E-state index in [2.05, 4.69) is 5.43 Å². The third kappa shape index (κ3) is 2.15. The Morgan fingerprint density at radius 1 is 1.35 bits per heavy atom. The molecule has 0 bridgehead atoms. The van der Waals surface area contributed by atoms with Gasteiger partial charge in [-0.2, -0.15) is 15.8 Å². The zero-order chi connectivity index (χ0) is 15.5. The summed E-state index contributed by atoms with van der Waals surface area (Å²) in [6.07, 6.45) is 1.72. The molecule has 0 saturated heterocycles. The maximum Gasteiger partial charge on any atom is 0.204 e. The third-order valence-corrected chi connectivity index (χ3v) is 3.22. The molecule has 1 heterocycles. The molecule has 1 aliphatic rings. The number of hydrogen-bond acceptors (Lipinski definition) is 6. The molecule has 1 rings (SSSR count). The van der Waals surface area contributed by atoms with Crippen molar-refractivity contribution in [2.75, 3.05) is 0 Å². The molecule has 3 N–H and O–H groups in total. The van der Waals surface area contributed by atoms with Crippen LogP contribution < -0.4 is 11.2 Å². The first-order valence-electron chi connectivity index (χ1n) is 6.27. The second-order valence-electron chi connectivity index (χ2n) is 5.31. The molecular formula is C14H18N6. The largest absolute Gasteiger partial charge is 0.383 e. The highest BCUT2D eigenvalue weighted by Crippen LogP contribution is 2.44. The molecule has 0 spiro atoms. The average Bonchev–Trinajstić information content (AvgIpc) is 2.64. The molecule has 0 fully saturated rings. The lowest BCUT2D eigenvalue weighted by Gasteiger charge is -2.34. The SMILES string of the molecule is CC(C)=CNN1C(N)=C(C#N)C(C#N)(C#N)C1C(C)C. The van der Waals surface area contributed by atoms with E-state index in [1.807, 2.05) is 45.9 Å². The monoisotopic (exact) mass is 270 g/mol. The lowest BCUT2D eigenvalue weighted by molar-refractivity contribution is 0.140. The Morgan fingerprint density at radius 2 is 1.90 bits per heavy atom. The predicted octanol–water partition coefficient (Wildman–Crippen LogP) is 1.48. The summed E-state index contributed by atoms with van der Waals surface area (Å²) < 4.78 is 0. The second-order valence-corrected chi connectivity index (χ2v) is 5.31. The van der Waals surface area contributed by atoms with Crippen molar-refractivity contribution in [3.05, 3.63) is 23.2 Å².